The van der Waals surface area contributed by atoms with Crippen molar-refractivity contribution in [2.45, 2.75) is 9.79 Å². The van der Waals surface area contributed by atoms with Gasteiger partial charge in [0.2, 0.25) is 9.84 Å². The summed E-state index contributed by atoms with van der Waals surface area (Å²) < 4.78 is 26.5. The molecule has 3 aromatic rings. The van der Waals surface area contributed by atoms with E-state index in [1.807, 2.05) is 0 Å². The van der Waals surface area contributed by atoms with Gasteiger partial charge in [0.05, 0.1) is 4.90 Å². The van der Waals surface area contributed by atoms with Crippen LogP contribution < -0.4 is 5.73 Å². The highest BCUT2D eigenvalue weighted by Gasteiger charge is 2.26. The van der Waals surface area contributed by atoms with Gasteiger partial charge in [-0.15, -0.1) is 5.10 Å². The van der Waals surface area contributed by atoms with Gasteiger partial charge in [-0.05, 0) is 18.2 Å². The van der Waals surface area contributed by atoms with Crippen LogP contribution in [-0.2, 0) is 9.84 Å². The van der Waals surface area contributed by atoms with Gasteiger partial charge in [0.15, 0.2) is 16.4 Å². The number of nitrogen functional groups attached to an aromatic ring is 1. The Kier molecular flexibility index (Phi) is 2.49. The van der Waals surface area contributed by atoms with Crippen molar-refractivity contribution in [3.8, 4) is 0 Å². The summed E-state index contributed by atoms with van der Waals surface area (Å²) in [6, 6.07) is 9.74. The molecular weight excluding hydrogens is 264 g/mol. The summed E-state index contributed by atoms with van der Waals surface area (Å²) in [5.41, 5.74) is 5.95. The minimum absolute atomic E-state index is 0.0532. The van der Waals surface area contributed by atoms with E-state index in [9.17, 15) is 8.42 Å². The van der Waals surface area contributed by atoms with Crippen LogP contribution >= 0.6 is 0 Å². The van der Waals surface area contributed by atoms with Crippen LogP contribution in [0.15, 0.2) is 58.6 Å². The Morgan fingerprint density at radius 3 is 2.58 bits per heavy atom. The molecule has 96 valence electrons. The molecular formula is C12H10N4O2S. The first-order valence-electron chi connectivity index (χ1n) is 5.49. The lowest BCUT2D eigenvalue weighted by Crippen LogP contribution is -2.04. The van der Waals surface area contributed by atoms with Crippen molar-refractivity contribution in [1.29, 1.82) is 0 Å². The minimum atomic E-state index is -3.72. The first-order valence-corrected chi connectivity index (χ1v) is 6.98. The number of aromatic nitrogens is 3. The number of hydrogen-bond acceptors (Lipinski definition) is 5. The first-order chi connectivity index (χ1) is 9.10. The maximum absolute atomic E-state index is 12.6. The zero-order chi connectivity index (χ0) is 13.5. The van der Waals surface area contributed by atoms with Gasteiger partial charge in [-0.2, -0.15) is 0 Å². The van der Waals surface area contributed by atoms with Gasteiger partial charge in [0.1, 0.15) is 0 Å². The van der Waals surface area contributed by atoms with Crippen LogP contribution in [0.3, 0.4) is 0 Å². The average Bonchev–Trinajstić information content (AvgIpc) is 2.76. The highest BCUT2D eigenvalue weighted by Crippen LogP contribution is 2.28. The number of anilines is 1. The number of sulfone groups is 1. The summed E-state index contributed by atoms with van der Waals surface area (Å²) in [5, 5.41) is 3.96. The van der Waals surface area contributed by atoms with Crippen LogP contribution in [0.1, 0.15) is 0 Å². The summed E-state index contributed by atoms with van der Waals surface area (Å²) in [4.78, 5) is 4.15. The Morgan fingerprint density at radius 2 is 1.84 bits per heavy atom. The van der Waals surface area contributed by atoms with Crippen LogP contribution in [0.2, 0.25) is 0 Å². The average molecular weight is 274 g/mol. The monoisotopic (exact) mass is 274 g/mol. The van der Waals surface area contributed by atoms with E-state index in [1.54, 1.807) is 30.5 Å². The standard InChI is InChI=1S/C12H10N4O2S/c13-11-10(12-14-7-4-8-16(12)15-11)19(17,18)9-5-2-1-3-6-9/h1-8H,(H2,13,15). The number of rotatable bonds is 2. The SMILES string of the molecule is Nc1nn2cccnc2c1S(=O)(=O)c1ccccc1. The van der Waals surface area contributed by atoms with E-state index in [-0.39, 0.29) is 21.3 Å². The number of nitrogens with two attached hydrogens (primary N) is 1. The van der Waals surface area contributed by atoms with Gasteiger partial charge in [0, 0.05) is 12.4 Å². The lowest BCUT2D eigenvalue weighted by atomic mass is 10.4. The number of fused-ring (bicyclic) bond motifs is 1. The highest BCUT2D eigenvalue weighted by molar-refractivity contribution is 7.91. The quantitative estimate of drug-likeness (QED) is 0.757. The van der Waals surface area contributed by atoms with E-state index in [2.05, 4.69) is 10.1 Å². The molecule has 0 saturated heterocycles. The second kappa shape index (κ2) is 4.06. The van der Waals surface area contributed by atoms with Crippen molar-refractivity contribution in [1.82, 2.24) is 14.6 Å². The molecule has 2 heterocycles. The van der Waals surface area contributed by atoms with Gasteiger partial charge < -0.3 is 5.73 Å². The Bertz CT molecular complexity index is 841. The fourth-order valence-electron chi connectivity index (χ4n) is 1.86. The van der Waals surface area contributed by atoms with Crippen molar-refractivity contribution in [3.63, 3.8) is 0 Å². The normalized spacial score (nSPS) is 11.8. The number of benzene rings is 1. The Balaban J connectivity index is 2.34. The molecule has 0 spiro atoms. The third-order valence-electron chi connectivity index (χ3n) is 2.70. The summed E-state index contributed by atoms with van der Waals surface area (Å²) in [6.07, 6.45) is 3.10. The van der Waals surface area contributed by atoms with Crippen molar-refractivity contribution in [2.75, 3.05) is 5.73 Å². The molecule has 19 heavy (non-hydrogen) atoms. The van der Waals surface area contributed by atoms with Crippen LogP contribution in [0, 0.1) is 0 Å². The summed E-state index contributed by atoms with van der Waals surface area (Å²) in [7, 11) is -3.72. The smallest absolute Gasteiger partial charge is 0.214 e. The molecule has 6 nitrogen and oxygen atoms in total. The molecule has 1 aromatic carbocycles. The van der Waals surface area contributed by atoms with Gasteiger partial charge in [-0.1, -0.05) is 18.2 Å². The van der Waals surface area contributed by atoms with Gasteiger partial charge in [0.25, 0.3) is 0 Å². The van der Waals surface area contributed by atoms with Crippen LogP contribution in [0.4, 0.5) is 5.82 Å². The first kappa shape index (κ1) is 11.7. The summed E-state index contributed by atoms with van der Waals surface area (Å²) >= 11 is 0. The fraction of sp³-hybridized carbons (Fsp3) is 0. The molecule has 0 aliphatic carbocycles. The van der Waals surface area contributed by atoms with E-state index in [1.165, 1.54) is 22.8 Å². The molecule has 0 fully saturated rings. The van der Waals surface area contributed by atoms with Crippen molar-refractivity contribution in [2.24, 2.45) is 0 Å². The minimum Gasteiger partial charge on any atom is -0.381 e. The second-order valence-corrected chi connectivity index (χ2v) is 5.81. The van der Waals surface area contributed by atoms with Crippen LogP contribution in [0.5, 0.6) is 0 Å². The third kappa shape index (κ3) is 1.75. The van der Waals surface area contributed by atoms with E-state index >= 15 is 0 Å². The molecule has 0 radical (unpaired) electrons. The van der Waals surface area contributed by atoms with Crippen molar-refractivity contribution < 1.29 is 8.42 Å². The molecule has 2 aromatic heterocycles. The number of hydrogen-bond donors (Lipinski definition) is 1. The molecule has 0 unspecified atom stereocenters. The lowest BCUT2D eigenvalue weighted by molar-refractivity contribution is 0.597. The van der Waals surface area contributed by atoms with Gasteiger partial charge in [-0.3, -0.25) is 0 Å². The van der Waals surface area contributed by atoms with E-state index in [0.717, 1.165) is 0 Å². The molecule has 0 bridgehead atoms. The Hall–Kier alpha value is -2.41. The predicted octanol–water partition coefficient (Wildman–Crippen LogP) is 1.14. The molecule has 7 heteroatoms. The van der Waals surface area contributed by atoms with E-state index in [0.29, 0.717) is 0 Å². The van der Waals surface area contributed by atoms with Gasteiger partial charge >= 0.3 is 0 Å². The predicted molar refractivity (Wildman–Crippen MR) is 69.3 cm³/mol. The topological polar surface area (TPSA) is 90.3 Å². The van der Waals surface area contributed by atoms with Crippen molar-refractivity contribution >= 4 is 21.3 Å². The lowest BCUT2D eigenvalue weighted by Gasteiger charge is -2.02. The molecule has 2 N–H and O–H groups in total. The second-order valence-electron chi connectivity index (χ2n) is 3.92. The molecule has 3 rings (SSSR count). The molecule has 0 aliphatic heterocycles. The van der Waals surface area contributed by atoms with Crippen LogP contribution in [-0.4, -0.2) is 23.0 Å². The maximum atomic E-state index is 12.6. The number of nitrogens with zero attached hydrogens (tertiary/aromatic N) is 3. The molecule has 0 atom stereocenters. The largest absolute Gasteiger partial charge is 0.381 e. The Morgan fingerprint density at radius 1 is 1.11 bits per heavy atom. The molecule has 0 saturated carbocycles. The van der Waals surface area contributed by atoms with Gasteiger partial charge in [-0.25, -0.2) is 17.9 Å². The highest BCUT2D eigenvalue weighted by atomic mass is 32.2. The van der Waals surface area contributed by atoms with E-state index < -0.39 is 9.84 Å². The fourth-order valence-corrected chi connectivity index (χ4v) is 3.31. The Labute approximate surface area is 109 Å². The maximum Gasteiger partial charge on any atom is 0.214 e. The molecule has 0 amide bonds. The summed E-state index contributed by atoms with van der Waals surface area (Å²) in [6.45, 7) is 0. The zero-order valence-electron chi connectivity index (χ0n) is 9.76. The summed E-state index contributed by atoms with van der Waals surface area (Å²) in [5.74, 6) is -0.0532. The van der Waals surface area contributed by atoms with Crippen LogP contribution in [0.25, 0.3) is 5.65 Å². The molecule has 0 aliphatic rings. The van der Waals surface area contributed by atoms with E-state index in [4.69, 9.17) is 5.73 Å². The zero-order valence-corrected chi connectivity index (χ0v) is 10.6. The third-order valence-corrected chi connectivity index (χ3v) is 4.52. The van der Waals surface area contributed by atoms with Crippen molar-refractivity contribution in [3.05, 3.63) is 48.8 Å².